The molecule has 2 aromatic rings. The molecule has 0 unspecified atom stereocenters. The first-order valence-corrected chi connectivity index (χ1v) is 10.2. The van der Waals surface area contributed by atoms with Gasteiger partial charge in [0.2, 0.25) is 0 Å². The van der Waals surface area contributed by atoms with E-state index in [-0.39, 0.29) is 0 Å². The number of aromatic carboxylic acids is 1. The first-order chi connectivity index (χ1) is 13.6. The van der Waals surface area contributed by atoms with E-state index >= 15 is 0 Å². The van der Waals surface area contributed by atoms with Gasteiger partial charge in [0.1, 0.15) is 0 Å². The van der Waals surface area contributed by atoms with Gasteiger partial charge in [-0.3, -0.25) is 4.90 Å². The van der Waals surface area contributed by atoms with Gasteiger partial charge in [0, 0.05) is 38.4 Å². The van der Waals surface area contributed by atoms with Crippen LogP contribution in [0.3, 0.4) is 0 Å². The molecular formula is C23H31N3O2. The second-order valence-corrected chi connectivity index (χ2v) is 7.56. The molecule has 3 rings (SSSR count). The van der Waals surface area contributed by atoms with Gasteiger partial charge in [-0.1, -0.05) is 24.3 Å². The van der Waals surface area contributed by atoms with Gasteiger partial charge in [-0.15, -0.1) is 0 Å². The summed E-state index contributed by atoms with van der Waals surface area (Å²) in [4.78, 5) is 16.0. The molecule has 1 aliphatic rings. The maximum Gasteiger partial charge on any atom is 0.335 e. The number of anilines is 1. The number of unbranched alkanes of at least 4 members (excludes halogenated alkanes) is 1. The topological polar surface area (TPSA) is 55.8 Å². The van der Waals surface area contributed by atoms with Crippen molar-refractivity contribution in [3.63, 3.8) is 0 Å². The summed E-state index contributed by atoms with van der Waals surface area (Å²) in [6.07, 6.45) is 2.32. The Hall–Kier alpha value is -2.37. The van der Waals surface area contributed by atoms with Crippen LogP contribution in [-0.4, -0.2) is 55.2 Å². The van der Waals surface area contributed by atoms with Crippen molar-refractivity contribution in [3.8, 4) is 0 Å². The number of carboxylic acids is 1. The molecule has 0 bridgehead atoms. The average Bonchev–Trinajstić information content (AvgIpc) is 2.71. The molecule has 1 fully saturated rings. The molecule has 0 aliphatic carbocycles. The first-order valence-electron chi connectivity index (χ1n) is 10.2. The lowest BCUT2D eigenvalue weighted by atomic mass is 10.1. The van der Waals surface area contributed by atoms with E-state index in [0.717, 1.165) is 57.8 Å². The minimum absolute atomic E-state index is 0.351. The lowest BCUT2D eigenvalue weighted by Crippen LogP contribution is -2.46. The molecule has 0 atom stereocenters. The van der Waals surface area contributed by atoms with Crippen molar-refractivity contribution >= 4 is 11.7 Å². The van der Waals surface area contributed by atoms with Crippen molar-refractivity contribution in [1.29, 1.82) is 0 Å². The van der Waals surface area contributed by atoms with Crippen molar-refractivity contribution in [2.75, 3.05) is 44.2 Å². The fourth-order valence-corrected chi connectivity index (χ4v) is 3.69. The van der Waals surface area contributed by atoms with Gasteiger partial charge in [-0.2, -0.15) is 0 Å². The minimum Gasteiger partial charge on any atom is -0.478 e. The predicted octanol–water partition coefficient (Wildman–Crippen LogP) is 3.39. The molecule has 2 aromatic carbocycles. The SMILES string of the molecule is Cc1cccc(N2CCN(CCCCNCc3cccc(C(=O)O)c3)CC2)c1. The number of carbonyl (C=O) groups is 1. The maximum absolute atomic E-state index is 11.0. The zero-order chi connectivity index (χ0) is 19.8. The molecule has 5 heteroatoms. The molecule has 0 saturated carbocycles. The van der Waals surface area contributed by atoms with Crippen LogP contribution in [0.15, 0.2) is 48.5 Å². The molecule has 1 saturated heterocycles. The van der Waals surface area contributed by atoms with Crippen LogP contribution in [0.4, 0.5) is 5.69 Å². The number of rotatable bonds is 9. The summed E-state index contributed by atoms with van der Waals surface area (Å²) in [6.45, 7) is 9.43. The number of aryl methyl sites for hydroxylation is 1. The van der Waals surface area contributed by atoms with Crippen molar-refractivity contribution in [2.24, 2.45) is 0 Å². The normalized spacial score (nSPS) is 15.0. The predicted molar refractivity (Wildman–Crippen MR) is 114 cm³/mol. The first kappa shape index (κ1) is 20.4. The van der Waals surface area contributed by atoms with E-state index in [0.29, 0.717) is 5.56 Å². The third-order valence-electron chi connectivity index (χ3n) is 5.32. The van der Waals surface area contributed by atoms with Crippen molar-refractivity contribution < 1.29 is 9.90 Å². The van der Waals surface area contributed by atoms with E-state index in [4.69, 9.17) is 5.11 Å². The molecule has 1 heterocycles. The highest BCUT2D eigenvalue weighted by Gasteiger charge is 2.16. The zero-order valence-corrected chi connectivity index (χ0v) is 16.7. The number of piperazine rings is 1. The van der Waals surface area contributed by atoms with Crippen LogP contribution in [0.2, 0.25) is 0 Å². The van der Waals surface area contributed by atoms with Crippen molar-refractivity contribution in [2.45, 2.75) is 26.3 Å². The zero-order valence-electron chi connectivity index (χ0n) is 16.7. The monoisotopic (exact) mass is 381 g/mol. The Kier molecular flexibility index (Phi) is 7.46. The maximum atomic E-state index is 11.0. The van der Waals surface area contributed by atoms with E-state index in [9.17, 15) is 4.79 Å². The quantitative estimate of drug-likeness (QED) is 0.652. The molecule has 5 nitrogen and oxygen atoms in total. The molecule has 0 aromatic heterocycles. The second-order valence-electron chi connectivity index (χ2n) is 7.56. The van der Waals surface area contributed by atoms with Crippen molar-refractivity contribution in [3.05, 3.63) is 65.2 Å². The van der Waals surface area contributed by atoms with Crippen molar-refractivity contribution in [1.82, 2.24) is 10.2 Å². The van der Waals surface area contributed by atoms with Crippen LogP contribution in [-0.2, 0) is 6.54 Å². The van der Waals surface area contributed by atoms with Gasteiger partial charge in [0.25, 0.3) is 0 Å². The molecule has 1 aliphatic heterocycles. The Morgan fingerprint density at radius 1 is 1.04 bits per heavy atom. The molecule has 0 spiro atoms. The highest BCUT2D eigenvalue weighted by molar-refractivity contribution is 5.87. The Morgan fingerprint density at radius 3 is 2.57 bits per heavy atom. The third kappa shape index (κ3) is 6.08. The van der Waals surface area contributed by atoms with Gasteiger partial charge < -0.3 is 15.3 Å². The standard InChI is InChI=1S/C23H31N3O2/c1-19-6-4-9-22(16-19)26-14-12-25(13-15-26)11-3-2-10-24-18-20-7-5-8-21(17-20)23(27)28/h4-9,16-17,24H,2-3,10-15,18H2,1H3,(H,27,28). The molecule has 2 N–H and O–H groups in total. The van der Waals surface area contributed by atoms with E-state index in [1.54, 1.807) is 18.2 Å². The molecule has 150 valence electrons. The van der Waals surface area contributed by atoms with E-state index in [1.165, 1.54) is 17.7 Å². The Morgan fingerprint density at radius 2 is 1.82 bits per heavy atom. The minimum atomic E-state index is -0.871. The summed E-state index contributed by atoms with van der Waals surface area (Å²) in [6, 6.07) is 15.9. The number of benzene rings is 2. The van der Waals surface area contributed by atoms with Crippen LogP contribution < -0.4 is 10.2 Å². The Bertz CT molecular complexity index is 770. The molecule has 0 amide bonds. The largest absolute Gasteiger partial charge is 0.478 e. The number of carboxylic acid groups (broad SMARTS) is 1. The fourth-order valence-electron chi connectivity index (χ4n) is 3.69. The Balaban J connectivity index is 1.28. The van der Waals surface area contributed by atoms with E-state index < -0.39 is 5.97 Å². The van der Waals surface area contributed by atoms with Gasteiger partial charge in [-0.05, 0) is 68.2 Å². The summed E-state index contributed by atoms with van der Waals surface area (Å²) < 4.78 is 0. The highest BCUT2D eigenvalue weighted by Crippen LogP contribution is 2.17. The molecule has 28 heavy (non-hydrogen) atoms. The Labute approximate surface area is 168 Å². The van der Waals surface area contributed by atoms with Gasteiger partial charge in [-0.25, -0.2) is 4.79 Å². The summed E-state index contributed by atoms with van der Waals surface area (Å²) in [5.41, 5.74) is 4.04. The number of hydrogen-bond acceptors (Lipinski definition) is 4. The molecular weight excluding hydrogens is 350 g/mol. The van der Waals surface area contributed by atoms with E-state index in [1.807, 2.05) is 6.07 Å². The fraction of sp³-hybridized carbons (Fsp3) is 0.435. The van der Waals surface area contributed by atoms with Crippen LogP contribution in [0.25, 0.3) is 0 Å². The number of nitrogens with one attached hydrogen (secondary N) is 1. The van der Waals surface area contributed by atoms with Crippen LogP contribution in [0.5, 0.6) is 0 Å². The molecule has 0 radical (unpaired) electrons. The van der Waals surface area contributed by atoms with Crippen LogP contribution in [0.1, 0.15) is 34.3 Å². The van der Waals surface area contributed by atoms with E-state index in [2.05, 4.69) is 46.3 Å². The number of hydrogen-bond donors (Lipinski definition) is 2. The average molecular weight is 382 g/mol. The number of nitrogens with zero attached hydrogens (tertiary/aromatic N) is 2. The highest BCUT2D eigenvalue weighted by atomic mass is 16.4. The summed E-state index contributed by atoms with van der Waals surface area (Å²) in [5, 5.41) is 12.5. The summed E-state index contributed by atoms with van der Waals surface area (Å²) in [7, 11) is 0. The van der Waals surface area contributed by atoms with Crippen LogP contribution in [0, 0.1) is 6.92 Å². The summed E-state index contributed by atoms with van der Waals surface area (Å²) >= 11 is 0. The van der Waals surface area contributed by atoms with Crippen LogP contribution >= 0.6 is 0 Å². The smallest absolute Gasteiger partial charge is 0.335 e. The van der Waals surface area contributed by atoms with Gasteiger partial charge in [0.05, 0.1) is 5.56 Å². The van der Waals surface area contributed by atoms with Gasteiger partial charge >= 0.3 is 5.97 Å². The summed E-state index contributed by atoms with van der Waals surface area (Å²) in [5.74, 6) is -0.871. The third-order valence-corrected chi connectivity index (χ3v) is 5.32. The van der Waals surface area contributed by atoms with Gasteiger partial charge in [0.15, 0.2) is 0 Å². The second kappa shape index (κ2) is 10.2. The lowest BCUT2D eigenvalue weighted by molar-refractivity contribution is 0.0696. The lowest BCUT2D eigenvalue weighted by Gasteiger charge is -2.36.